The maximum Gasteiger partial charge on any atom is 0.365 e. The van der Waals surface area contributed by atoms with Crippen LogP contribution < -0.4 is 5.32 Å². The fourth-order valence-corrected chi connectivity index (χ4v) is 2.99. The van der Waals surface area contributed by atoms with Crippen LogP contribution in [0.1, 0.15) is 43.9 Å². The molecule has 1 N–H and O–H groups in total. The largest absolute Gasteiger partial charge is 0.365 e. The molecule has 0 atom stereocenters. The number of nitrogens with one attached hydrogen (secondary N) is 1. The van der Waals surface area contributed by atoms with Gasteiger partial charge in [-0.3, -0.25) is 14.4 Å². The van der Waals surface area contributed by atoms with E-state index in [1.165, 1.54) is 30.3 Å². The molecule has 0 spiro atoms. The smallest absolute Gasteiger partial charge is 0.326 e. The van der Waals surface area contributed by atoms with Crippen LogP contribution in [-0.2, 0) is 9.63 Å². The van der Waals surface area contributed by atoms with Crippen molar-refractivity contribution in [3.05, 3.63) is 64.2 Å². The van der Waals surface area contributed by atoms with Crippen LogP contribution >= 0.6 is 11.6 Å². The van der Waals surface area contributed by atoms with Crippen molar-refractivity contribution in [2.75, 3.05) is 5.32 Å². The molecule has 4 rings (SSSR count). The van der Waals surface area contributed by atoms with Crippen LogP contribution in [0.15, 0.2) is 42.5 Å². The van der Waals surface area contributed by atoms with Crippen molar-refractivity contribution in [2.24, 2.45) is 5.92 Å². The van der Waals surface area contributed by atoms with E-state index in [1.54, 1.807) is 12.1 Å². The average Bonchev–Trinajstić information content (AvgIpc) is 3.47. The Hall–Kier alpha value is -3.19. The number of hydroxylamine groups is 2. The Morgan fingerprint density at radius 3 is 2.22 bits per heavy atom. The van der Waals surface area contributed by atoms with E-state index in [2.05, 4.69) is 5.32 Å². The van der Waals surface area contributed by atoms with Gasteiger partial charge in [-0.15, -0.1) is 0 Å². The minimum absolute atomic E-state index is 0.0299. The maximum atomic E-state index is 12.4. The molecule has 1 heterocycles. The number of hydrogen-bond acceptors (Lipinski definition) is 5. The predicted molar refractivity (Wildman–Crippen MR) is 95.2 cm³/mol. The molecule has 27 heavy (non-hydrogen) atoms. The molecule has 0 unspecified atom stereocenters. The summed E-state index contributed by atoms with van der Waals surface area (Å²) in [4.78, 5) is 53.6. The Balaban J connectivity index is 1.49. The van der Waals surface area contributed by atoms with Crippen molar-refractivity contribution in [3.63, 3.8) is 0 Å². The third kappa shape index (κ3) is 3.17. The molecule has 136 valence electrons. The molecule has 2 aromatic carbocycles. The second-order valence-corrected chi connectivity index (χ2v) is 6.69. The number of halogens is 1. The first kappa shape index (κ1) is 17.2. The molecular formula is C19H13ClN2O5. The molecule has 1 aliphatic carbocycles. The summed E-state index contributed by atoms with van der Waals surface area (Å²) in [6, 6.07) is 10.5. The Morgan fingerprint density at radius 1 is 1.04 bits per heavy atom. The van der Waals surface area contributed by atoms with Gasteiger partial charge in [0.05, 0.1) is 21.7 Å². The molecule has 8 heteroatoms. The first-order valence-corrected chi connectivity index (χ1v) is 8.64. The summed E-state index contributed by atoms with van der Waals surface area (Å²) in [7, 11) is 0. The lowest BCUT2D eigenvalue weighted by molar-refractivity contribution is -0.117. The number of fused-ring (bicyclic) bond motifs is 1. The predicted octanol–water partition coefficient (Wildman–Crippen LogP) is 3.06. The summed E-state index contributed by atoms with van der Waals surface area (Å²) in [5, 5.41) is 3.17. The number of anilines is 1. The molecule has 0 bridgehead atoms. The van der Waals surface area contributed by atoms with Gasteiger partial charge in [0.2, 0.25) is 5.91 Å². The van der Waals surface area contributed by atoms with Gasteiger partial charge in [-0.2, -0.15) is 0 Å². The molecule has 1 aliphatic heterocycles. The van der Waals surface area contributed by atoms with Crippen molar-refractivity contribution in [1.29, 1.82) is 0 Å². The lowest BCUT2D eigenvalue weighted by Crippen LogP contribution is -2.32. The number of carbonyl (C=O) groups is 4. The van der Waals surface area contributed by atoms with E-state index >= 15 is 0 Å². The molecule has 0 aromatic heterocycles. The third-order valence-corrected chi connectivity index (χ3v) is 4.65. The van der Waals surface area contributed by atoms with Gasteiger partial charge < -0.3 is 10.2 Å². The van der Waals surface area contributed by atoms with Gasteiger partial charge >= 0.3 is 5.97 Å². The minimum Gasteiger partial charge on any atom is -0.326 e. The fraction of sp³-hybridized carbons (Fsp3) is 0.158. The van der Waals surface area contributed by atoms with E-state index in [1.807, 2.05) is 0 Å². The maximum absolute atomic E-state index is 12.4. The number of hydrogen-bond donors (Lipinski definition) is 1. The Labute approximate surface area is 158 Å². The summed E-state index contributed by atoms with van der Waals surface area (Å²) < 4.78 is 0. The first-order chi connectivity index (χ1) is 13.0. The van der Waals surface area contributed by atoms with Gasteiger partial charge in [-0.1, -0.05) is 28.8 Å². The average molecular weight is 385 g/mol. The number of imide groups is 1. The third-order valence-electron chi connectivity index (χ3n) is 4.34. The number of amides is 3. The van der Waals surface area contributed by atoms with Gasteiger partial charge in [-0.25, -0.2) is 4.79 Å². The second-order valence-electron chi connectivity index (χ2n) is 6.29. The molecule has 0 radical (unpaired) electrons. The van der Waals surface area contributed by atoms with Crippen LogP contribution in [0.5, 0.6) is 0 Å². The summed E-state index contributed by atoms with van der Waals surface area (Å²) >= 11 is 6.11. The van der Waals surface area contributed by atoms with Gasteiger partial charge in [0, 0.05) is 11.6 Å². The van der Waals surface area contributed by atoms with E-state index in [0.29, 0.717) is 10.8 Å². The quantitative estimate of drug-likeness (QED) is 0.818. The summed E-state index contributed by atoms with van der Waals surface area (Å²) in [5.41, 5.74) is 0.755. The lowest BCUT2D eigenvalue weighted by Gasteiger charge is -2.14. The highest BCUT2D eigenvalue weighted by Gasteiger charge is 2.39. The van der Waals surface area contributed by atoms with Gasteiger partial charge in [0.15, 0.2) is 0 Å². The second kappa shape index (κ2) is 6.51. The highest BCUT2D eigenvalue weighted by molar-refractivity contribution is 6.34. The Bertz CT molecular complexity index is 964. The zero-order valence-electron chi connectivity index (χ0n) is 13.9. The Kier molecular flexibility index (Phi) is 4.16. The summed E-state index contributed by atoms with van der Waals surface area (Å²) in [6.07, 6.45) is 1.73. The minimum atomic E-state index is -0.949. The number of nitrogens with zero attached hydrogens (tertiary/aromatic N) is 1. The van der Waals surface area contributed by atoms with Crippen LogP contribution in [0.25, 0.3) is 0 Å². The number of benzene rings is 2. The SMILES string of the molecule is O=C(ON1C(=O)c2ccccc2C1=O)c1ccc(NC(=O)C2CC2)cc1Cl. The van der Waals surface area contributed by atoms with Crippen LogP contribution in [0.4, 0.5) is 5.69 Å². The van der Waals surface area contributed by atoms with E-state index in [9.17, 15) is 19.2 Å². The number of rotatable bonds is 4. The van der Waals surface area contributed by atoms with Crippen molar-refractivity contribution in [3.8, 4) is 0 Å². The van der Waals surface area contributed by atoms with E-state index < -0.39 is 17.8 Å². The van der Waals surface area contributed by atoms with Gasteiger partial charge in [-0.05, 0) is 43.2 Å². The van der Waals surface area contributed by atoms with Crippen molar-refractivity contribution in [1.82, 2.24) is 5.06 Å². The molecule has 3 amide bonds. The normalized spacial score (nSPS) is 15.5. The van der Waals surface area contributed by atoms with E-state index in [0.717, 1.165) is 12.8 Å². The molecule has 2 aromatic rings. The first-order valence-electron chi connectivity index (χ1n) is 8.26. The Morgan fingerprint density at radius 2 is 1.67 bits per heavy atom. The topological polar surface area (TPSA) is 92.8 Å². The van der Waals surface area contributed by atoms with Crippen molar-refractivity contribution < 1.29 is 24.0 Å². The zero-order chi connectivity index (χ0) is 19.1. The molecule has 0 saturated heterocycles. The molecule has 7 nitrogen and oxygen atoms in total. The van der Waals surface area contributed by atoms with Gasteiger partial charge in [0.25, 0.3) is 11.8 Å². The van der Waals surface area contributed by atoms with E-state index in [-0.39, 0.29) is 33.5 Å². The monoisotopic (exact) mass is 384 g/mol. The molecular weight excluding hydrogens is 372 g/mol. The van der Waals surface area contributed by atoms with E-state index in [4.69, 9.17) is 16.4 Å². The lowest BCUT2D eigenvalue weighted by atomic mass is 10.1. The summed E-state index contributed by atoms with van der Waals surface area (Å²) in [6.45, 7) is 0. The highest BCUT2D eigenvalue weighted by Crippen LogP contribution is 2.31. The van der Waals surface area contributed by atoms with Crippen molar-refractivity contribution >= 4 is 41.0 Å². The molecule has 1 saturated carbocycles. The molecule has 1 fully saturated rings. The van der Waals surface area contributed by atoms with Crippen LogP contribution in [-0.4, -0.2) is 28.8 Å². The van der Waals surface area contributed by atoms with Gasteiger partial charge in [0.1, 0.15) is 0 Å². The highest BCUT2D eigenvalue weighted by atomic mass is 35.5. The summed E-state index contributed by atoms with van der Waals surface area (Å²) in [5.74, 6) is -2.44. The van der Waals surface area contributed by atoms with Crippen LogP contribution in [0.2, 0.25) is 5.02 Å². The standard InChI is InChI=1S/C19H13ClN2O5/c20-15-9-11(21-16(23)10-5-6-10)7-8-14(15)19(26)27-22-17(24)12-3-1-2-4-13(12)18(22)25/h1-4,7-10H,5-6H2,(H,21,23). The zero-order valence-corrected chi connectivity index (χ0v) is 14.7. The van der Waals surface area contributed by atoms with Crippen LogP contribution in [0.3, 0.4) is 0 Å². The van der Waals surface area contributed by atoms with Crippen molar-refractivity contribution in [2.45, 2.75) is 12.8 Å². The van der Waals surface area contributed by atoms with Crippen LogP contribution in [0, 0.1) is 5.92 Å². The molecule has 2 aliphatic rings. The fourth-order valence-electron chi connectivity index (χ4n) is 2.73. The number of carbonyl (C=O) groups excluding carboxylic acids is 4.